The Morgan fingerprint density at radius 1 is 1.40 bits per heavy atom. The second kappa shape index (κ2) is 5.14. The van der Waals surface area contributed by atoms with Gasteiger partial charge in [-0.1, -0.05) is 0 Å². The minimum absolute atomic E-state index is 0.0560. The number of hydrogen-bond acceptors (Lipinski definition) is 2. The average Bonchev–Trinajstić information content (AvgIpc) is 2.19. The van der Waals surface area contributed by atoms with Gasteiger partial charge in [0.15, 0.2) is 11.6 Å². The van der Waals surface area contributed by atoms with Crippen molar-refractivity contribution in [1.82, 2.24) is 0 Å². The van der Waals surface area contributed by atoms with Crippen LogP contribution in [0.1, 0.15) is 24.2 Å². The van der Waals surface area contributed by atoms with Crippen LogP contribution in [0.3, 0.4) is 0 Å². The lowest BCUT2D eigenvalue weighted by molar-refractivity contribution is 0.140. The molecule has 84 valence electrons. The van der Waals surface area contributed by atoms with Crippen molar-refractivity contribution in [2.45, 2.75) is 19.5 Å². The molecule has 0 saturated carbocycles. The molecule has 1 aromatic carbocycles. The van der Waals surface area contributed by atoms with Gasteiger partial charge in [-0.05, 0) is 30.2 Å². The van der Waals surface area contributed by atoms with Gasteiger partial charge in [0.05, 0.1) is 6.61 Å². The monoisotopic (exact) mass is 219 g/mol. The highest BCUT2D eigenvalue weighted by Gasteiger charge is 2.13. The third kappa shape index (κ3) is 2.94. The molecule has 15 heavy (non-hydrogen) atoms. The predicted molar refractivity (Wildman–Crippen MR) is 49.7 cm³/mol. The zero-order valence-corrected chi connectivity index (χ0v) is 8.27. The van der Waals surface area contributed by atoms with Crippen LogP contribution in [0.25, 0.3) is 0 Å². The summed E-state index contributed by atoms with van der Waals surface area (Å²) in [6, 6.07) is 2.13. The average molecular weight is 219 g/mol. The van der Waals surface area contributed by atoms with Gasteiger partial charge in [-0.15, -0.1) is 0 Å². The Morgan fingerprint density at radius 2 is 2.07 bits per heavy atom. The summed E-state index contributed by atoms with van der Waals surface area (Å²) in [4.78, 5) is 4.26. The highest BCUT2D eigenvalue weighted by molar-refractivity contribution is 5.28. The van der Waals surface area contributed by atoms with E-state index in [0.29, 0.717) is 0 Å². The van der Waals surface area contributed by atoms with Crippen LogP contribution in [0.5, 0.6) is 0 Å². The van der Waals surface area contributed by atoms with Crippen molar-refractivity contribution in [1.29, 1.82) is 0 Å². The fourth-order valence-electron chi connectivity index (χ4n) is 1.25. The molecule has 1 unspecified atom stereocenters. The Kier molecular flexibility index (Phi) is 4.11. The maximum Gasteiger partial charge on any atom is 0.162 e. The van der Waals surface area contributed by atoms with E-state index in [1.807, 2.05) is 0 Å². The maximum absolute atomic E-state index is 13.2. The number of nitrogens with two attached hydrogens (primary N) is 1. The van der Waals surface area contributed by atoms with E-state index in [9.17, 15) is 13.2 Å². The Morgan fingerprint density at radius 3 is 2.60 bits per heavy atom. The second-order valence-corrected chi connectivity index (χ2v) is 3.21. The summed E-state index contributed by atoms with van der Waals surface area (Å²) in [6.07, 6.45) is -1.22. The molecule has 2 N–H and O–H groups in total. The number of halogens is 3. The molecule has 0 saturated heterocycles. The van der Waals surface area contributed by atoms with E-state index in [-0.39, 0.29) is 24.2 Å². The van der Waals surface area contributed by atoms with Gasteiger partial charge >= 0.3 is 0 Å². The first-order chi connectivity index (χ1) is 7.06. The SMILES string of the molecule is CC(F)c1cc(F)c(F)c(CCON)c1. The van der Waals surface area contributed by atoms with Crippen LogP contribution in [0.2, 0.25) is 0 Å². The van der Waals surface area contributed by atoms with Crippen molar-refractivity contribution >= 4 is 0 Å². The molecule has 1 atom stereocenters. The van der Waals surface area contributed by atoms with Gasteiger partial charge in [0.1, 0.15) is 6.17 Å². The van der Waals surface area contributed by atoms with E-state index < -0.39 is 17.8 Å². The van der Waals surface area contributed by atoms with Gasteiger partial charge < -0.3 is 4.84 Å². The summed E-state index contributed by atoms with van der Waals surface area (Å²) in [7, 11) is 0. The van der Waals surface area contributed by atoms with E-state index >= 15 is 0 Å². The third-order valence-corrected chi connectivity index (χ3v) is 2.07. The second-order valence-electron chi connectivity index (χ2n) is 3.21. The Hall–Kier alpha value is -1.07. The van der Waals surface area contributed by atoms with Crippen LogP contribution < -0.4 is 5.90 Å². The molecule has 0 aromatic heterocycles. The van der Waals surface area contributed by atoms with Crippen LogP contribution in [0.15, 0.2) is 12.1 Å². The summed E-state index contributed by atoms with van der Waals surface area (Å²) in [6.45, 7) is 1.32. The summed E-state index contributed by atoms with van der Waals surface area (Å²) >= 11 is 0. The van der Waals surface area contributed by atoms with E-state index in [2.05, 4.69) is 4.84 Å². The summed E-state index contributed by atoms with van der Waals surface area (Å²) < 4.78 is 39.1. The Bertz CT molecular complexity index is 342. The van der Waals surface area contributed by atoms with Crippen molar-refractivity contribution in [3.05, 3.63) is 34.9 Å². The number of rotatable bonds is 4. The highest BCUT2D eigenvalue weighted by Crippen LogP contribution is 2.22. The molecule has 0 aliphatic rings. The molecule has 0 heterocycles. The quantitative estimate of drug-likeness (QED) is 0.789. The van der Waals surface area contributed by atoms with Gasteiger partial charge in [-0.3, -0.25) is 0 Å². The zero-order valence-electron chi connectivity index (χ0n) is 8.27. The lowest BCUT2D eigenvalue weighted by atomic mass is 10.0. The van der Waals surface area contributed by atoms with Gasteiger partial charge in [0.25, 0.3) is 0 Å². The topological polar surface area (TPSA) is 35.2 Å². The lowest BCUT2D eigenvalue weighted by Crippen LogP contribution is -2.07. The first kappa shape index (κ1) is 12.0. The summed E-state index contributed by atoms with van der Waals surface area (Å²) in [5.41, 5.74) is 0.181. The highest BCUT2D eigenvalue weighted by atomic mass is 19.2. The zero-order chi connectivity index (χ0) is 11.4. The minimum Gasteiger partial charge on any atom is -0.304 e. The molecule has 0 amide bonds. The third-order valence-electron chi connectivity index (χ3n) is 2.07. The molecule has 2 nitrogen and oxygen atoms in total. The van der Waals surface area contributed by atoms with Crippen molar-refractivity contribution in [3.63, 3.8) is 0 Å². The van der Waals surface area contributed by atoms with Crippen LogP contribution in [-0.4, -0.2) is 6.61 Å². The molecule has 1 rings (SSSR count). The number of benzene rings is 1. The van der Waals surface area contributed by atoms with Crippen molar-refractivity contribution < 1.29 is 18.0 Å². The van der Waals surface area contributed by atoms with E-state index in [0.717, 1.165) is 6.07 Å². The molecular weight excluding hydrogens is 207 g/mol. The first-order valence-electron chi connectivity index (χ1n) is 4.49. The van der Waals surface area contributed by atoms with Crippen molar-refractivity contribution in [3.8, 4) is 0 Å². The molecule has 0 aliphatic heterocycles. The molecule has 0 fully saturated rings. The first-order valence-corrected chi connectivity index (χ1v) is 4.49. The van der Waals surface area contributed by atoms with Gasteiger partial charge in [-0.25, -0.2) is 19.1 Å². The maximum atomic E-state index is 13.2. The smallest absolute Gasteiger partial charge is 0.162 e. The molecule has 1 aromatic rings. The molecule has 0 spiro atoms. The van der Waals surface area contributed by atoms with Crippen molar-refractivity contribution in [2.75, 3.05) is 6.61 Å². The standard InChI is InChI=1S/C10H12F3NO/c1-6(11)8-4-7(2-3-15-14)10(13)9(12)5-8/h4-6H,2-3,14H2,1H3. The molecule has 0 bridgehead atoms. The fraction of sp³-hybridized carbons (Fsp3) is 0.400. The van der Waals surface area contributed by atoms with Crippen LogP contribution in [0, 0.1) is 11.6 Å². The molecule has 5 heteroatoms. The van der Waals surface area contributed by atoms with Gasteiger partial charge in [0, 0.05) is 6.42 Å². The largest absolute Gasteiger partial charge is 0.304 e. The van der Waals surface area contributed by atoms with Crippen molar-refractivity contribution in [2.24, 2.45) is 5.90 Å². The predicted octanol–water partition coefficient (Wildman–Crippen LogP) is 2.43. The van der Waals surface area contributed by atoms with Crippen LogP contribution >= 0.6 is 0 Å². The Balaban J connectivity index is 3.02. The number of alkyl halides is 1. The summed E-state index contributed by atoms with van der Waals surface area (Å²) in [5.74, 6) is 2.74. The normalized spacial score (nSPS) is 12.9. The number of hydrogen-bond donors (Lipinski definition) is 1. The molecular formula is C10H12F3NO. The van der Waals surface area contributed by atoms with E-state index in [1.54, 1.807) is 0 Å². The lowest BCUT2D eigenvalue weighted by Gasteiger charge is -2.08. The Labute approximate surface area is 85.8 Å². The van der Waals surface area contributed by atoms with Gasteiger partial charge in [0.2, 0.25) is 0 Å². The van der Waals surface area contributed by atoms with Crippen LogP contribution in [0.4, 0.5) is 13.2 Å². The summed E-state index contributed by atoms with van der Waals surface area (Å²) in [5, 5.41) is 0. The molecule has 0 radical (unpaired) electrons. The van der Waals surface area contributed by atoms with E-state index in [1.165, 1.54) is 13.0 Å². The minimum atomic E-state index is -1.34. The van der Waals surface area contributed by atoms with Crippen LogP contribution in [-0.2, 0) is 11.3 Å². The fourth-order valence-corrected chi connectivity index (χ4v) is 1.25. The van der Waals surface area contributed by atoms with Gasteiger partial charge in [-0.2, -0.15) is 0 Å². The molecule has 0 aliphatic carbocycles. The van der Waals surface area contributed by atoms with E-state index in [4.69, 9.17) is 5.90 Å².